The van der Waals surface area contributed by atoms with Crippen LogP contribution in [0.5, 0.6) is 0 Å². The molecule has 106 valence electrons. The van der Waals surface area contributed by atoms with Crippen LogP contribution in [-0.4, -0.2) is 0 Å². The number of hydrogen-bond acceptors (Lipinski definition) is 2. The first-order valence-electron chi connectivity index (χ1n) is 7.18. The van der Waals surface area contributed by atoms with Gasteiger partial charge in [0, 0.05) is 18.4 Å². The monoisotopic (exact) mass is 284 g/mol. The van der Waals surface area contributed by atoms with E-state index in [9.17, 15) is 10.5 Å². The maximum absolute atomic E-state index is 9.43. The second-order valence-electron chi connectivity index (χ2n) is 5.14. The van der Waals surface area contributed by atoms with Gasteiger partial charge in [0.15, 0.2) is 0 Å². The molecule has 0 aromatic heterocycles. The van der Waals surface area contributed by atoms with Crippen LogP contribution >= 0.6 is 0 Å². The Hall–Kier alpha value is -3.02. The van der Waals surface area contributed by atoms with Crippen LogP contribution in [0.3, 0.4) is 0 Å². The second-order valence-corrected chi connectivity index (χ2v) is 5.14. The maximum Gasteiger partial charge on any atom is 0.148 e. The first kappa shape index (κ1) is 15.4. The lowest BCUT2D eigenvalue weighted by Gasteiger charge is -2.17. The van der Waals surface area contributed by atoms with Gasteiger partial charge in [0.1, 0.15) is 5.41 Å². The molecule has 0 aliphatic rings. The summed E-state index contributed by atoms with van der Waals surface area (Å²) in [6, 6.07) is 23.7. The molecule has 0 aliphatic heterocycles. The maximum atomic E-state index is 9.43. The zero-order chi connectivity index (χ0) is 15.7. The molecule has 0 atom stereocenters. The Bertz CT molecular complexity index is 724. The highest BCUT2D eigenvalue weighted by atomic mass is 14.4. The highest BCUT2D eigenvalue weighted by Crippen LogP contribution is 2.27. The summed E-state index contributed by atoms with van der Waals surface area (Å²) in [6.07, 6.45) is 1.42. The number of rotatable bonds is 4. The van der Waals surface area contributed by atoms with Gasteiger partial charge in [-0.05, 0) is 24.1 Å². The van der Waals surface area contributed by atoms with Crippen molar-refractivity contribution in [3.63, 3.8) is 0 Å². The molecule has 0 saturated carbocycles. The minimum Gasteiger partial charge on any atom is -0.197 e. The molecule has 2 rings (SSSR count). The summed E-state index contributed by atoms with van der Waals surface area (Å²) in [5, 5.41) is 18.9. The van der Waals surface area contributed by atoms with Crippen LogP contribution in [-0.2, 0) is 6.42 Å². The number of nitrogens with zero attached hydrogens (tertiary/aromatic N) is 2. The molecule has 0 unspecified atom stereocenters. The summed E-state index contributed by atoms with van der Waals surface area (Å²) in [5.74, 6) is 6.12. The lowest BCUT2D eigenvalue weighted by molar-refractivity contribution is 0.482. The molecule has 0 aliphatic carbocycles. The molecule has 22 heavy (non-hydrogen) atoms. The van der Waals surface area contributed by atoms with Crippen molar-refractivity contribution < 1.29 is 0 Å². The molecule has 2 aromatic rings. The van der Waals surface area contributed by atoms with E-state index in [0.29, 0.717) is 19.3 Å². The molecule has 0 saturated heterocycles. The van der Waals surface area contributed by atoms with Crippen LogP contribution in [0.2, 0.25) is 0 Å². The van der Waals surface area contributed by atoms with Crippen LogP contribution < -0.4 is 0 Å². The first-order chi connectivity index (χ1) is 10.8. The number of benzene rings is 2. The number of nitriles is 2. The van der Waals surface area contributed by atoms with Crippen molar-refractivity contribution in [2.24, 2.45) is 5.41 Å². The van der Waals surface area contributed by atoms with E-state index in [0.717, 1.165) is 11.1 Å². The minimum atomic E-state index is -1.01. The van der Waals surface area contributed by atoms with Crippen molar-refractivity contribution in [3.8, 4) is 24.0 Å². The van der Waals surface area contributed by atoms with Gasteiger partial charge in [-0.15, -0.1) is 0 Å². The predicted octanol–water partition coefficient (Wildman–Crippen LogP) is 4.09. The normalized spacial score (nSPS) is 9.91. The standard InChI is InChI=1S/C20H16N2/c21-16-20(17-22,15-19-12-5-2-6-13-19)14-8-7-11-18-9-3-1-4-10-18/h1-6,9-10,12-13H,8,14-15H2. The van der Waals surface area contributed by atoms with E-state index in [1.165, 1.54) is 0 Å². The molecule has 0 amide bonds. The van der Waals surface area contributed by atoms with E-state index in [2.05, 4.69) is 24.0 Å². The molecule has 0 heterocycles. The van der Waals surface area contributed by atoms with Crippen molar-refractivity contribution in [3.05, 3.63) is 71.8 Å². The van der Waals surface area contributed by atoms with Gasteiger partial charge in [0.05, 0.1) is 12.1 Å². The average molecular weight is 284 g/mol. The van der Waals surface area contributed by atoms with E-state index in [1.807, 2.05) is 60.7 Å². The molecular weight excluding hydrogens is 268 g/mol. The van der Waals surface area contributed by atoms with Crippen LogP contribution in [0.25, 0.3) is 0 Å². The van der Waals surface area contributed by atoms with Gasteiger partial charge in [-0.2, -0.15) is 10.5 Å². The van der Waals surface area contributed by atoms with Gasteiger partial charge < -0.3 is 0 Å². The largest absolute Gasteiger partial charge is 0.197 e. The average Bonchev–Trinajstić information content (AvgIpc) is 2.59. The van der Waals surface area contributed by atoms with Gasteiger partial charge in [0.25, 0.3) is 0 Å². The molecule has 2 nitrogen and oxygen atoms in total. The Labute approximate surface area is 131 Å². The summed E-state index contributed by atoms with van der Waals surface area (Å²) < 4.78 is 0. The molecule has 0 bridgehead atoms. The SMILES string of the molecule is N#CC(C#N)(CCC#Cc1ccccc1)Cc1ccccc1. The summed E-state index contributed by atoms with van der Waals surface area (Å²) in [7, 11) is 0. The van der Waals surface area contributed by atoms with E-state index < -0.39 is 5.41 Å². The second kappa shape index (κ2) is 7.68. The van der Waals surface area contributed by atoms with Crippen molar-refractivity contribution in [2.45, 2.75) is 19.3 Å². The molecular formula is C20H16N2. The fourth-order valence-electron chi connectivity index (χ4n) is 2.21. The Morgan fingerprint density at radius 3 is 2.00 bits per heavy atom. The Morgan fingerprint density at radius 2 is 1.41 bits per heavy atom. The Kier molecular flexibility index (Phi) is 5.37. The Morgan fingerprint density at radius 1 is 0.818 bits per heavy atom. The summed E-state index contributed by atoms with van der Waals surface area (Å²) in [5.41, 5.74) is 0.943. The van der Waals surface area contributed by atoms with Crippen LogP contribution in [0.15, 0.2) is 60.7 Å². The quantitative estimate of drug-likeness (QED) is 0.794. The third-order valence-corrected chi connectivity index (χ3v) is 3.46. The van der Waals surface area contributed by atoms with E-state index in [1.54, 1.807) is 0 Å². The molecule has 2 heteroatoms. The highest BCUT2D eigenvalue weighted by Gasteiger charge is 2.29. The summed E-state index contributed by atoms with van der Waals surface area (Å²) >= 11 is 0. The molecule has 0 spiro atoms. The van der Waals surface area contributed by atoms with Crippen LogP contribution in [0, 0.1) is 39.9 Å². The molecule has 0 fully saturated rings. The number of hydrogen-bond donors (Lipinski definition) is 0. The minimum absolute atomic E-state index is 0.438. The lowest BCUT2D eigenvalue weighted by atomic mass is 9.80. The van der Waals surface area contributed by atoms with E-state index in [-0.39, 0.29) is 0 Å². The van der Waals surface area contributed by atoms with Crippen molar-refractivity contribution in [1.29, 1.82) is 10.5 Å². The third kappa shape index (κ3) is 4.24. The van der Waals surface area contributed by atoms with Gasteiger partial charge in [-0.1, -0.05) is 60.4 Å². The smallest absolute Gasteiger partial charge is 0.148 e. The summed E-state index contributed by atoms with van der Waals surface area (Å²) in [6.45, 7) is 0. The molecule has 0 radical (unpaired) electrons. The van der Waals surface area contributed by atoms with Gasteiger partial charge >= 0.3 is 0 Å². The molecule has 0 N–H and O–H groups in total. The summed E-state index contributed by atoms with van der Waals surface area (Å²) in [4.78, 5) is 0. The molecule has 2 aromatic carbocycles. The van der Waals surface area contributed by atoms with Crippen LogP contribution in [0.4, 0.5) is 0 Å². The van der Waals surface area contributed by atoms with Crippen molar-refractivity contribution >= 4 is 0 Å². The van der Waals surface area contributed by atoms with E-state index in [4.69, 9.17) is 0 Å². The van der Waals surface area contributed by atoms with Crippen LogP contribution in [0.1, 0.15) is 24.0 Å². The predicted molar refractivity (Wildman–Crippen MR) is 86.4 cm³/mol. The highest BCUT2D eigenvalue weighted by molar-refractivity contribution is 5.34. The van der Waals surface area contributed by atoms with Crippen molar-refractivity contribution in [1.82, 2.24) is 0 Å². The fraction of sp³-hybridized carbons (Fsp3) is 0.200. The lowest BCUT2D eigenvalue weighted by Crippen LogP contribution is -2.19. The van der Waals surface area contributed by atoms with E-state index >= 15 is 0 Å². The third-order valence-electron chi connectivity index (χ3n) is 3.46. The zero-order valence-electron chi connectivity index (χ0n) is 12.3. The van der Waals surface area contributed by atoms with Gasteiger partial charge in [-0.3, -0.25) is 0 Å². The Balaban J connectivity index is 2.02. The van der Waals surface area contributed by atoms with Gasteiger partial charge in [-0.25, -0.2) is 0 Å². The van der Waals surface area contributed by atoms with Crippen molar-refractivity contribution in [2.75, 3.05) is 0 Å². The first-order valence-corrected chi connectivity index (χ1v) is 7.18. The van der Waals surface area contributed by atoms with Gasteiger partial charge in [0.2, 0.25) is 0 Å². The zero-order valence-corrected chi connectivity index (χ0v) is 12.3. The topological polar surface area (TPSA) is 47.6 Å². The fourth-order valence-corrected chi connectivity index (χ4v) is 2.21.